The predicted molar refractivity (Wildman–Crippen MR) is 65.6 cm³/mol. The van der Waals surface area contributed by atoms with Crippen LogP contribution in [-0.2, 0) is 6.54 Å². The molecule has 0 aliphatic rings. The van der Waals surface area contributed by atoms with E-state index in [0.29, 0.717) is 17.1 Å². The lowest BCUT2D eigenvalue weighted by Crippen LogP contribution is -1.98. The summed E-state index contributed by atoms with van der Waals surface area (Å²) in [6, 6.07) is 7.33. The fourth-order valence-corrected chi connectivity index (χ4v) is 1.95. The number of hydrogen-bond acceptors (Lipinski definition) is 4. The summed E-state index contributed by atoms with van der Waals surface area (Å²) in [6.07, 6.45) is 1.77. The number of nitrogens with zero attached hydrogens (tertiary/aromatic N) is 2. The normalized spacial score (nSPS) is 9.75. The van der Waals surface area contributed by atoms with E-state index in [2.05, 4.69) is 10.3 Å². The lowest BCUT2D eigenvalue weighted by atomic mass is 10.2. The van der Waals surface area contributed by atoms with E-state index in [1.807, 2.05) is 17.5 Å². The molecule has 80 valence electrons. The van der Waals surface area contributed by atoms with Gasteiger partial charge in [-0.05, 0) is 18.2 Å². The van der Waals surface area contributed by atoms with Crippen molar-refractivity contribution < 1.29 is 0 Å². The second-order valence-electron chi connectivity index (χ2n) is 3.09. The number of benzene rings is 1. The number of rotatable bonds is 3. The second kappa shape index (κ2) is 4.97. The molecule has 0 bridgehead atoms. The molecule has 0 saturated heterocycles. The Hall–Kier alpha value is -1.57. The van der Waals surface area contributed by atoms with Crippen molar-refractivity contribution in [2.24, 2.45) is 0 Å². The molecular weight excluding hydrogens is 242 g/mol. The van der Waals surface area contributed by atoms with Crippen LogP contribution in [-0.4, -0.2) is 4.98 Å². The lowest BCUT2D eigenvalue weighted by Gasteiger charge is -2.05. The van der Waals surface area contributed by atoms with E-state index >= 15 is 0 Å². The molecule has 0 amide bonds. The number of nitrogens with one attached hydrogen (secondary N) is 1. The van der Waals surface area contributed by atoms with Crippen LogP contribution in [0.4, 0.5) is 5.69 Å². The summed E-state index contributed by atoms with van der Waals surface area (Å²) in [7, 11) is 0. The van der Waals surface area contributed by atoms with Crippen molar-refractivity contribution in [2.45, 2.75) is 6.54 Å². The van der Waals surface area contributed by atoms with Crippen molar-refractivity contribution in [3.05, 3.63) is 45.4 Å². The van der Waals surface area contributed by atoms with E-state index in [9.17, 15) is 0 Å². The minimum absolute atomic E-state index is 0.474. The largest absolute Gasteiger partial charge is 0.378 e. The van der Waals surface area contributed by atoms with Gasteiger partial charge >= 0.3 is 0 Å². The number of halogens is 1. The molecule has 0 aliphatic heterocycles. The van der Waals surface area contributed by atoms with Gasteiger partial charge in [0.15, 0.2) is 0 Å². The van der Waals surface area contributed by atoms with Crippen LogP contribution in [0, 0.1) is 11.3 Å². The SMILES string of the molecule is N#Cc1cc(NCc2nccs2)ccc1Cl. The molecule has 0 spiro atoms. The van der Waals surface area contributed by atoms with Crippen molar-refractivity contribution in [1.82, 2.24) is 4.98 Å². The van der Waals surface area contributed by atoms with Crippen LogP contribution >= 0.6 is 22.9 Å². The van der Waals surface area contributed by atoms with E-state index in [1.54, 1.807) is 29.7 Å². The molecule has 1 aromatic heterocycles. The highest BCUT2D eigenvalue weighted by molar-refractivity contribution is 7.09. The third kappa shape index (κ3) is 2.51. The third-order valence-electron chi connectivity index (χ3n) is 2.01. The topological polar surface area (TPSA) is 48.7 Å². The fourth-order valence-electron chi connectivity index (χ4n) is 1.24. The zero-order valence-electron chi connectivity index (χ0n) is 8.27. The summed E-state index contributed by atoms with van der Waals surface area (Å²) in [5, 5.41) is 15.4. The number of hydrogen-bond donors (Lipinski definition) is 1. The van der Waals surface area contributed by atoms with Crippen molar-refractivity contribution in [1.29, 1.82) is 5.26 Å². The average Bonchev–Trinajstić information content (AvgIpc) is 2.81. The second-order valence-corrected chi connectivity index (χ2v) is 4.47. The Morgan fingerprint density at radius 1 is 1.50 bits per heavy atom. The van der Waals surface area contributed by atoms with Gasteiger partial charge < -0.3 is 5.32 Å². The van der Waals surface area contributed by atoms with E-state index in [-0.39, 0.29) is 0 Å². The number of anilines is 1. The number of nitriles is 1. The molecule has 0 aliphatic carbocycles. The summed E-state index contributed by atoms with van der Waals surface area (Å²) in [5.74, 6) is 0. The van der Waals surface area contributed by atoms with E-state index < -0.39 is 0 Å². The maximum atomic E-state index is 8.82. The molecule has 0 atom stereocenters. The van der Waals surface area contributed by atoms with Gasteiger partial charge in [0.1, 0.15) is 11.1 Å². The predicted octanol–water partition coefficient (Wildman–Crippen LogP) is 3.28. The summed E-state index contributed by atoms with van der Waals surface area (Å²) >= 11 is 7.43. The van der Waals surface area contributed by atoms with Gasteiger partial charge in [0, 0.05) is 17.3 Å². The molecule has 16 heavy (non-hydrogen) atoms. The molecule has 0 fully saturated rings. The highest BCUT2D eigenvalue weighted by atomic mass is 35.5. The molecule has 1 aromatic carbocycles. The molecule has 0 unspecified atom stereocenters. The fraction of sp³-hybridized carbons (Fsp3) is 0.0909. The van der Waals surface area contributed by atoms with Crippen molar-refractivity contribution in [3.8, 4) is 6.07 Å². The van der Waals surface area contributed by atoms with Gasteiger partial charge in [0.05, 0.1) is 17.1 Å². The van der Waals surface area contributed by atoms with E-state index in [0.717, 1.165) is 10.7 Å². The Morgan fingerprint density at radius 2 is 2.38 bits per heavy atom. The summed E-state index contributed by atoms with van der Waals surface area (Å²) < 4.78 is 0. The Kier molecular flexibility index (Phi) is 3.40. The average molecular weight is 250 g/mol. The summed E-state index contributed by atoms with van der Waals surface area (Å²) in [6.45, 7) is 0.657. The van der Waals surface area contributed by atoms with Gasteiger partial charge in [0.2, 0.25) is 0 Å². The quantitative estimate of drug-likeness (QED) is 0.908. The summed E-state index contributed by atoms with van der Waals surface area (Å²) in [4.78, 5) is 4.16. The van der Waals surface area contributed by atoms with Gasteiger partial charge in [-0.1, -0.05) is 11.6 Å². The Labute approximate surface area is 102 Å². The molecule has 5 heteroatoms. The minimum atomic E-state index is 0.474. The van der Waals surface area contributed by atoms with Crippen LogP contribution in [0.3, 0.4) is 0 Å². The Bertz CT molecular complexity index is 517. The van der Waals surface area contributed by atoms with E-state index in [1.165, 1.54) is 0 Å². The highest BCUT2D eigenvalue weighted by Gasteiger charge is 2.01. The van der Waals surface area contributed by atoms with Gasteiger partial charge in [-0.2, -0.15) is 5.26 Å². The maximum absolute atomic E-state index is 8.82. The smallest absolute Gasteiger partial charge is 0.112 e. The summed E-state index contributed by atoms with van der Waals surface area (Å²) in [5.41, 5.74) is 1.35. The third-order valence-corrected chi connectivity index (χ3v) is 3.12. The maximum Gasteiger partial charge on any atom is 0.112 e. The standard InChI is InChI=1S/C11H8ClN3S/c12-10-2-1-9(5-8(10)6-13)15-7-11-14-3-4-16-11/h1-5,15H,7H2. The van der Waals surface area contributed by atoms with Crippen LogP contribution < -0.4 is 5.32 Å². The van der Waals surface area contributed by atoms with Gasteiger partial charge in [0.25, 0.3) is 0 Å². The molecule has 0 saturated carbocycles. The van der Waals surface area contributed by atoms with Crippen LogP contribution in [0.1, 0.15) is 10.6 Å². The van der Waals surface area contributed by atoms with Crippen LogP contribution in [0.2, 0.25) is 5.02 Å². The molecule has 2 aromatic rings. The zero-order chi connectivity index (χ0) is 11.4. The molecule has 1 N–H and O–H groups in total. The Morgan fingerprint density at radius 3 is 3.06 bits per heavy atom. The van der Waals surface area contributed by atoms with Gasteiger partial charge in [-0.25, -0.2) is 4.98 Å². The minimum Gasteiger partial charge on any atom is -0.378 e. The monoisotopic (exact) mass is 249 g/mol. The first kappa shape index (κ1) is 10.9. The molecule has 1 heterocycles. The van der Waals surface area contributed by atoms with Crippen molar-refractivity contribution >= 4 is 28.6 Å². The van der Waals surface area contributed by atoms with Crippen molar-refractivity contribution in [2.75, 3.05) is 5.32 Å². The number of aromatic nitrogens is 1. The first-order chi connectivity index (χ1) is 7.79. The molecule has 2 rings (SSSR count). The van der Waals surface area contributed by atoms with Gasteiger partial charge in [-0.15, -0.1) is 11.3 Å². The van der Waals surface area contributed by atoms with Crippen LogP contribution in [0.5, 0.6) is 0 Å². The molecular formula is C11H8ClN3S. The van der Waals surface area contributed by atoms with Crippen LogP contribution in [0.25, 0.3) is 0 Å². The highest BCUT2D eigenvalue weighted by Crippen LogP contribution is 2.20. The number of thiazole rings is 1. The molecule has 0 radical (unpaired) electrons. The first-order valence-electron chi connectivity index (χ1n) is 4.61. The first-order valence-corrected chi connectivity index (χ1v) is 5.87. The zero-order valence-corrected chi connectivity index (χ0v) is 9.85. The Balaban J connectivity index is 2.08. The molecule has 3 nitrogen and oxygen atoms in total. The van der Waals surface area contributed by atoms with Gasteiger partial charge in [-0.3, -0.25) is 0 Å². The van der Waals surface area contributed by atoms with E-state index in [4.69, 9.17) is 16.9 Å². The lowest BCUT2D eigenvalue weighted by molar-refractivity contribution is 1.10. The van der Waals surface area contributed by atoms with Crippen molar-refractivity contribution in [3.63, 3.8) is 0 Å². The van der Waals surface area contributed by atoms with Crippen LogP contribution in [0.15, 0.2) is 29.8 Å².